The molecule has 0 spiro atoms. The van der Waals surface area contributed by atoms with Gasteiger partial charge in [-0.25, -0.2) is 0 Å². The van der Waals surface area contributed by atoms with Gasteiger partial charge in [-0.05, 0) is 12.0 Å². The average Bonchev–Trinajstić information content (AvgIpc) is 2.27. The third kappa shape index (κ3) is 2.86. The maximum atomic E-state index is 11.8. The summed E-state index contributed by atoms with van der Waals surface area (Å²) in [5, 5.41) is 0.527. The normalized spacial score (nSPS) is 15.8. The average molecular weight is 236 g/mol. The maximum Gasteiger partial charge on any atom is 0.172 e. The lowest BCUT2D eigenvalue weighted by molar-refractivity contribution is 0.0455. The van der Waals surface area contributed by atoms with Crippen LogP contribution in [0.15, 0.2) is 24.3 Å². The van der Waals surface area contributed by atoms with Crippen LogP contribution in [0, 0.1) is 0 Å². The molecule has 86 valence electrons. The molecule has 0 amide bonds. The van der Waals surface area contributed by atoms with Gasteiger partial charge in [0.05, 0.1) is 24.2 Å². The van der Waals surface area contributed by atoms with Crippen LogP contribution in [0.25, 0.3) is 0 Å². The Morgan fingerprint density at radius 2 is 2.06 bits per heavy atom. The molecule has 16 heavy (non-hydrogen) atoms. The van der Waals surface area contributed by atoms with E-state index in [0.717, 1.165) is 25.2 Å². The van der Waals surface area contributed by atoms with E-state index in [1.54, 1.807) is 11.8 Å². The number of hydrogen-bond acceptors (Lipinski definition) is 3. The van der Waals surface area contributed by atoms with Crippen molar-refractivity contribution < 1.29 is 9.53 Å². The number of aryl methyl sites for hydroxylation is 1. The SMILES string of the molecule is CCc1ccc(C(=O)CSC2COC2)cc1. The van der Waals surface area contributed by atoms with Gasteiger partial charge in [-0.15, -0.1) is 11.8 Å². The first-order chi connectivity index (χ1) is 7.79. The van der Waals surface area contributed by atoms with Crippen molar-refractivity contribution in [1.82, 2.24) is 0 Å². The summed E-state index contributed by atoms with van der Waals surface area (Å²) in [4.78, 5) is 11.8. The molecule has 1 aliphatic rings. The van der Waals surface area contributed by atoms with Crippen LogP contribution in [0.4, 0.5) is 0 Å². The van der Waals surface area contributed by atoms with Crippen molar-refractivity contribution in [2.75, 3.05) is 19.0 Å². The first-order valence-corrected chi connectivity index (χ1v) is 6.66. The predicted octanol–water partition coefficient (Wildman–Crippen LogP) is 2.56. The number of carbonyl (C=O) groups excluding carboxylic acids is 1. The van der Waals surface area contributed by atoms with Crippen molar-refractivity contribution in [1.29, 1.82) is 0 Å². The number of carbonyl (C=O) groups is 1. The molecule has 0 atom stereocenters. The van der Waals surface area contributed by atoms with Gasteiger partial charge in [0.15, 0.2) is 5.78 Å². The third-order valence-electron chi connectivity index (χ3n) is 2.74. The highest BCUT2D eigenvalue weighted by Gasteiger charge is 2.20. The van der Waals surface area contributed by atoms with Crippen LogP contribution in [0.2, 0.25) is 0 Å². The Hall–Kier alpha value is -0.800. The molecule has 1 saturated heterocycles. The van der Waals surface area contributed by atoms with Crippen molar-refractivity contribution in [3.05, 3.63) is 35.4 Å². The number of thioether (sulfide) groups is 1. The molecule has 0 aromatic heterocycles. The predicted molar refractivity (Wildman–Crippen MR) is 67.2 cm³/mol. The Morgan fingerprint density at radius 1 is 1.38 bits per heavy atom. The minimum Gasteiger partial charge on any atom is -0.379 e. The Morgan fingerprint density at radius 3 is 2.56 bits per heavy atom. The van der Waals surface area contributed by atoms with E-state index in [0.29, 0.717) is 11.0 Å². The topological polar surface area (TPSA) is 26.3 Å². The zero-order valence-electron chi connectivity index (χ0n) is 9.44. The van der Waals surface area contributed by atoms with Gasteiger partial charge in [0.1, 0.15) is 0 Å². The fourth-order valence-electron chi connectivity index (χ4n) is 1.51. The molecular formula is C13H16O2S. The number of ketones is 1. The molecule has 0 bridgehead atoms. The minimum atomic E-state index is 0.222. The van der Waals surface area contributed by atoms with Crippen molar-refractivity contribution in [2.24, 2.45) is 0 Å². The van der Waals surface area contributed by atoms with Gasteiger partial charge in [0.25, 0.3) is 0 Å². The molecule has 1 aliphatic heterocycles. The lowest BCUT2D eigenvalue weighted by Gasteiger charge is -2.24. The molecule has 2 nitrogen and oxygen atoms in total. The second-order valence-corrected chi connectivity index (χ2v) is 5.23. The molecule has 1 aromatic rings. The molecule has 2 rings (SSSR count). The van der Waals surface area contributed by atoms with Crippen LogP contribution in [0.1, 0.15) is 22.8 Å². The van der Waals surface area contributed by atoms with Gasteiger partial charge in [0.2, 0.25) is 0 Å². The summed E-state index contributed by atoms with van der Waals surface area (Å²) in [6, 6.07) is 7.92. The molecule has 1 fully saturated rings. The molecule has 1 heterocycles. The third-order valence-corrected chi connectivity index (χ3v) is 3.91. The van der Waals surface area contributed by atoms with E-state index in [-0.39, 0.29) is 5.78 Å². The summed E-state index contributed by atoms with van der Waals surface area (Å²) in [7, 11) is 0. The van der Waals surface area contributed by atoms with E-state index in [4.69, 9.17) is 4.74 Å². The lowest BCUT2D eigenvalue weighted by Crippen LogP contribution is -2.31. The second kappa shape index (κ2) is 5.51. The fourth-order valence-corrected chi connectivity index (χ4v) is 2.45. The molecule has 0 N–H and O–H groups in total. The molecule has 1 aromatic carbocycles. The van der Waals surface area contributed by atoms with E-state index in [1.165, 1.54) is 5.56 Å². The second-order valence-electron chi connectivity index (χ2n) is 3.94. The van der Waals surface area contributed by atoms with Gasteiger partial charge in [-0.3, -0.25) is 4.79 Å². The van der Waals surface area contributed by atoms with Crippen LogP contribution in [-0.4, -0.2) is 30.0 Å². The van der Waals surface area contributed by atoms with Crippen molar-refractivity contribution in [3.63, 3.8) is 0 Å². The van der Waals surface area contributed by atoms with Gasteiger partial charge in [0, 0.05) is 5.56 Å². The monoisotopic (exact) mass is 236 g/mol. The van der Waals surface area contributed by atoms with Crippen LogP contribution < -0.4 is 0 Å². The molecule has 0 saturated carbocycles. The summed E-state index contributed by atoms with van der Waals surface area (Å²) in [5.41, 5.74) is 2.10. The number of benzene rings is 1. The van der Waals surface area contributed by atoms with E-state index >= 15 is 0 Å². The summed E-state index contributed by atoms with van der Waals surface area (Å²) < 4.78 is 5.07. The highest BCUT2D eigenvalue weighted by Crippen LogP contribution is 2.20. The van der Waals surface area contributed by atoms with E-state index in [2.05, 4.69) is 6.92 Å². The van der Waals surface area contributed by atoms with E-state index in [9.17, 15) is 4.79 Å². The summed E-state index contributed by atoms with van der Waals surface area (Å²) in [6.07, 6.45) is 1.02. The van der Waals surface area contributed by atoms with Crippen molar-refractivity contribution in [3.8, 4) is 0 Å². The van der Waals surface area contributed by atoms with Gasteiger partial charge >= 0.3 is 0 Å². The summed E-state index contributed by atoms with van der Waals surface area (Å²) >= 11 is 1.70. The molecule has 3 heteroatoms. The Balaban J connectivity index is 1.86. The Bertz CT molecular complexity index is 355. The quantitative estimate of drug-likeness (QED) is 0.735. The number of Topliss-reactive ketones (excluding diaryl/α,β-unsaturated/α-hetero) is 1. The highest BCUT2D eigenvalue weighted by atomic mass is 32.2. The van der Waals surface area contributed by atoms with Gasteiger partial charge in [-0.1, -0.05) is 31.2 Å². The van der Waals surface area contributed by atoms with Crippen molar-refractivity contribution in [2.45, 2.75) is 18.6 Å². The number of rotatable bonds is 5. The zero-order valence-corrected chi connectivity index (χ0v) is 10.3. The van der Waals surface area contributed by atoms with Crippen LogP contribution in [0.5, 0.6) is 0 Å². The number of hydrogen-bond donors (Lipinski definition) is 0. The molecule has 0 unspecified atom stereocenters. The van der Waals surface area contributed by atoms with Crippen LogP contribution >= 0.6 is 11.8 Å². The molecular weight excluding hydrogens is 220 g/mol. The highest BCUT2D eigenvalue weighted by molar-refractivity contribution is 8.00. The lowest BCUT2D eigenvalue weighted by atomic mass is 10.1. The smallest absolute Gasteiger partial charge is 0.172 e. The first kappa shape index (κ1) is 11.7. The first-order valence-electron chi connectivity index (χ1n) is 5.61. The Labute approximate surface area is 100 Å². The van der Waals surface area contributed by atoms with E-state index in [1.807, 2.05) is 24.3 Å². The van der Waals surface area contributed by atoms with Crippen molar-refractivity contribution >= 4 is 17.5 Å². The van der Waals surface area contributed by atoms with Gasteiger partial charge < -0.3 is 4.74 Å². The largest absolute Gasteiger partial charge is 0.379 e. The Kier molecular flexibility index (Phi) is 4.02. The molecule has 0 aliphatic carbocycles. The number of ether oxygens (including phenoxy) is 1. The van der Waals surface area contributed by atoms with E-state index < -0.39 is 0 Å². The van der Waals surface area contributed by atoms with Crippen LogP contribution in [0.3, 0.4) is 0 Å². The fraction of sp³-hybridized carbons (Fsp3) is 0.462. The zero-order chi connectivity index (χ0) is 11.4. The standard InChI is InChI=1S/C13H16O2S/c1-2-10-3-5-11(6-4-10)13(14)9-16-12-7-15-8-12/h3-6,12H,2,7-9H2,1H3. The summed E-state index contributed by atoms with van der Waals surface area (Å²) in [5.74, 6) is 0.791. The van der Waals surface area contributed by atoms with Gasteiger partial charge in [-0.2, -0.15) is 0 Å². The maximum absolute atomic E-state index is 11.8. The molecule has 0 radical (unpaired) electrons. The van der Waals surface area contributed by atoms with Crippen LogP contribution in [-0.2, 0) is 11.2 Å². The summed E-state index contributed by atoms with van der Waals surface area (Å²) in [6.45, 7) is 3.71. The minimum absolute atomic E-state index is 0.222.